The Bertz CT molecular complexity index is 3200. The average Bonchev–Trinajstić information content (AvgIpc) is 4.45. The molecule has 7 aromatic rings. The van der Waals surface area contributed by atoms with Gasteiger partial charge in [-0.3, -0.25) is 0 Å². The van der Waals surface area contributed by atoms with Crippen LogP contribution in [-0.4, -0.2) is 49.8 Å². The van der Waals surface area contributed by atoms with Gasteiger partial charge in [0.05, 0.1) is 25.4 Å². The second kappa shape index (κ2) is 23.5. The molecule has 422 valence electrons. The SMILES string of the molecule is Cc1cc(C(C)(C)c2ccc(C(C)(C)c3cc(C)c(OCC(O)CCC(c4ccccc4)c4c(C)cc(C(C)(C)c5ccc(C(C)(C)c6cc(C)c(OCC7CO7)c(C)c6)cc5)cc4C)c(C)c3)cc2)cc(C)c1CCCC1CO1. The normalized spacial score (nSPS) is 16.4. The van der Waals surface area contributed by atoms with E-state index in [9.17, 15) is 5.11 Å². The van der Waals surface area contributed by atoms with Crippen LogP contribution in [0.2, 0.25) is 0 Å². The molecule has 9 rings (SSSR count). The highest BCUT2D eigenvalue weighted by molar-refractivity contribution is 5.54. The van der Waals surface area contributed by atoms with Crippen molar-refractivity contribution in [3.05, 3.63) is 233 Å². The Balaban J connectivity index is 0.847. The highest BCUT2D eigenvalue weighted by Gasteiger charge is 2.32. The molecule has 2 saturated heterocycles. The van der Waals surface area contributed by atoms with Gasteiger partial charge in [-0.2, -0.15) is 0 Å². The number of epoxide rings is 2. The second-order valence-electron chi connectivity index (χ2n) is 26.3. The van der Waals surface area contributed by atoms with Gasteiger partial charge in [-0.05, 0) is 193 Å². The van der Waals surface area contributed by atoms with E-state index in [0.717, 1.165) is 66.2 Å². The number of aliphatic hydroxyl groups is 1. The van der Waals surface area contributed by atoms with Gasteiger partial charge >= 0.3 is 0 Å². The summed E-state index contributed by atoms with van der Waals surface area (Å²) in [6.45, 7) is 38.9. The Kier molecular flexibility index (Phi) is 17.2. The van der Waals surface area contributed by atoms with Gasteiger partial charge < -0.3 is 24.1 Å². The van der Waals surface area contributed by atoms with Crippen LogP contribution < -0.4 is 9.47 Å². The third-order valence-corrected chi connectivity index (χ3v) is 18.7. The van der Waals surface area contributed by atoms with Crippen LogP contribution in [0, 0.1) is 55.4 Å². The van der Waals surface area contributed by atoms with Crippen molar-refractivity contribution in [2.75, 3.05) is 26.4 Å². The van der Waals surface area contributed by atoms with Crippen molar-refractivity contribution >= 4 is 0 Å². The van der Waals surface area contributed by atoms with Gasteiger partial charge in [-0.1, -0.05) is 183 Å². The molecule has 5 heteroatoms. The zero-order valence-corrected chi connectivity index (χ0v) is 51.4. The molecule has 2 aliphatic heterocycles. The van der Waals surface area contributed by atoms with Gasteiger partial charge in [0.1, 0.15) is 30.8 Å². The summed E-state index contributed by atoms with van der Waals surface area (Å²) in [7, 11) is 0. The molecule has 0 radical (unpaired) electrons. The molecule has 4 atom stereocenters. The number of hydrogen-bond acceptors (Lipinski definition) is 5. The van der Waals surface area contributed by atoms with Gasteiger partial charge in [-0.15, -0.1) is 0 Å². The second-order valence-corrected chi connectivity index (χ2v) is 26.3. The molecule has 0 aromatic heterocycles. The van der Waals surface area contributed by atoms with Crippen LogP contribution in [0.1, 0.15) is 193 Å². The van der Waals surface area contributed by atoms with E-state index in [4.69, 9.17) is 18.9 Å². The molecule has 0 amide bonds. The zero-order valence-electron chi connectivity index (χ0n) is 51.4. The maximum Gasteiger partial charge on any atom is 0.125 e. The average molecular weight is 1070 g/mol. The van der Waals surface area contributed by atoms with E-state index in [1.165, 1.54) is 89.9 Å². The number of aryl methyl sites for hydroxylation is 8. The minimum atomic E-state index is -0.627. The lowest BCUT2D eigenvalue weighted by Crippen LogP contribution is -2.23. The Hall–Kier alpha value is -5.98. The van der Waals surface area contributed by atoms with Crippen molar-refractivity contribution in [2.24, 2.45) is 0 Å². The summed E-state index contributed by atoms with van der Waals surface area (Å²) in [6, 6.07) is 48.2. The van der Waals surface area contributed by atoms with Crippen molar-refractivity contribution in [1.82, 2.24) is 0 Å². The summed E-state index contributed by atoms with van der Waals surface area (Å²) >= 11 is 0. The summed E-state index contributed by atoms with van der Waals surface area (Å²) in [5.74, 6) is 1.96. The quantitative estimate of drug-likeness (QED) is 0.0647. The molecule has 2 aliphatic rings. The van der Waals surface area contributed by atoms with Crippen molar-refractivity contribution in [3.63, 3.8) is 0 Å². The Labute approximate surface area is 481 Å². The largest absolute Gasteiger partial charge is 0.490 e. The third-order valence-electron chi connectivity index (χ3n) is 18.7. The van der Waals surface area contributed by atoms with Crippen LogP contribution in [0.4, 0.5) is 0 Å². The first-order chi connectivity index (χ1) is 37.9. The highest BCUT2D eigenvalue weighted by atomic mass is 16.6. The Morgan fingerprint density at radius 2 is 0.812 bits per heavy atom. The number of benzene rings is 7. The van der Waals surface area contributed by atoms with Gasteiger partial charge in [0.25, 0.3) is 0 Å². The van der Waals surface area contributed by atoms with E-state index in [-0.39, 0.29) is 40.3 Å². The molecule has 5 nitrogen and oxygen atoms in total. The fourth-order valence-electron chi connectivity index (χ4n) is 12.9. The predicted molar refractivity (Wildman–Crippen MR) is 332 cm³/mol. The molecule has 2 heterocycles. The summed E-state index contributed by atoms with van der Waals surface area (Å²) in [5, 5.41) is 11.7. The first-order valence-electron chi connectivity index (χ1n) is 29.8. The number of rotatable bonds is 23. The van der Waals surface area contributed by atoms with Crippen LogP contribution in [-0.2, 0) is 37.6 Å². The van der Waals surface area contributed by atoms with Gasteiger partial charge in [0.2, 0.25) is 0 Å². The first kappa shape index (κ1) is 58.7. The summed E-state index contributed by atoms with van der Waals surface area (Å²) in [4.78, 5) is 0. The van der Waals surface area contributed by atoms with E-state index in [1.807, 2.05) is 0 Å². The molecule has 4 unspecified atom stereocenters. The van der Waals surface area contributed by atoms with E-state index in [2.05, 4.69) is 238 Å². The van der Waals surface area contributed by atoms with E-state index in [1.54, 1.807) is 0 Å². The van der Waals surface area contributed by atoms with Crippen LogP contribution in [0.15, 0.2) is 127 Å². The van der Waals surface area contributed by atoms with Crippen molar-refractivity contribution in [1.29, 1.82) is 0 Å². The lowest BCUT2D eigenvalue weighted by atomic mass is 9.73. The fraction of sp³-hybridized carbons (Fsp3) is 0.440. The molecule has 7 aromatic carbocycles. The van der Waals surface area contributed by atoms with Gasteiger partial charge in [0, 0.05) is 27.6 Å². The van der Waals surface area contributed by atoms with E-state index in [0.29, 0.717) is 19.1 Å². The van der Waals surface area contributed by atoms with Crippen molar-refractivity contribution < 1.29 is 24.1 Å². The smallest absolute Gasteiger partial charge is 0.125 e. The fourth-order valence-corrected chi connectivity index (χ4v) is 12.9. The maximum absolute atomic E-state index is 11.7. The van der Waals surface area contributed by atoms with Gasteiger partial charge in [-0.25, -0.2) is 0 Å². The molecule has 80 heavy (non-hydrogen) atoms. The number of aliphatic hydroxyl groups excluding tert-OH is 1. The number of hydrogen-bond donors (Lipinski definition) is 1. The maximum atomic E-state index is 11.7. The predicted octanol–water partition coefficient (Wildman–Crippen LogP) is 17.3. The monoisotopic (exact) mass is 1070 g/mol. The molecule has 0 aliphatic carbocycles. The zero-order chi connectivity index (χ0) is 57.5. The highest BCUT2D eigenvalue weighted by Crippen LogP contribution is 2.43. The van der Waals surface area contributed by atoms with Crippen LogP contribution in [0.5, 0.6) is 11.5 Å². The molecule has 0 spiro atoms. The molecule has 1 N–H and O–H groups in total. The molecular weight excluding hydrogens is 981 g/mol. The lowest BCUT2D eigenvalue weighted by Gasteiger charge is -2.32. The summed E-state index contributed by atoms with van der Waals surface area (Å²) in [6.07, 6.45) is 4.96. The Morgan fingerprint density at radius 3 is 1.20 bits per heavy atom. The third kappa shape index (κ3) is 12.7. The summed E-state index contributed by atoms with van der Waals surface area (Å²) < 4.78 is 23.6. The van der Waals surface area contributed by atoms with Gasteiger partial charge in [0.15, 0.2) is 0 Å². The van der Waals surface area contributed by atoms with Crippen LogP contribution in [0.25, 0.3) is 0 Å². The molecule has 0 saturated carbocycles. The summed E-state index contributed by atoms with van der Waals surface area (Å²) in [5.41, 5.74) is 23.5. The minimum Gasteiger partial charge on any atom is -0.490 e. The van der Waals surface area contributed by atoms with Crippen LogP contribution >= 0.6 is 0 Å². The number of ether oxygens (including phenoxy) is 4. The molecule has 0 bridgehead atoms. The standard InChI is InChI=1S/C75H92O5/c1-47-35-60(36-48(2)67(47)24-20-23-65-44-77-65)72(9,10)56-25-29-58(30-26-56)74(13,14)62-39-51(5)70(52(6)40-62)79-43-64(76)33-34-68(55-21-18-17-19-22-55)69-49(3)37-61(38-50(69)4)73(11,12)57-27-31-59(32-28-57)75(15,16)63-41-53(7)71(54(8)42-63)80-46-66-45-78-66/h17-19,21-22,25-32,35-42,64-66,68,76H,20,23-24,33-34,43-46H2,1-16H3. The van der Waals surface area contributed by atoms with Crippen molar-refractivity contribution in [2.45, 2.75) is 189 Å². The topological polar surface area (TPSA) is 63.8 Å². The van der Waals surface area contributed by atoms with E-state index < -0.39 is 6.10 Å². The first-order valence-corrected chi connectivity index (χ1v) is 29.8. The van der Waals surface area contributed by atoms with Crippen molar-refractivity contribution in [3.8, 4) is 11.5 Å². The minimum absolute atomic E-state index is 0.122. The Morgan fingerprint density at radius 1 is 0.450 bits per heavy atom. The molecule has 2 fully saturated rings. The van der Waals surface area contributed by atoms with E-state index >= 15 is 0 Å². The molecular formula is C75H92O5. The lowest BCUT2D eigenvalue weighted by molar-refractivity contribution is 0.0964. The van der Waals surface area contributed by atoms with Crippen LogP contribution in [0.3, 0.4) is 0 Å².